The molecule has 146 valence electrons. The van der Waals surface area contributed by atoms with Gasteiger partial charge in [-0.05, 0) is 72.8 Å². The van der Waals surface area contributed by atoms with E-state index in [-0.39, 0.29) is 0 Å². The van der Waals surface area contributed by atoms with Crippen molar-refractivity contribution in [1.82, 2.24) is 19.7 Å². The molecule has 0 aliphatic heterocycles. The van der Waals surface area contributed by atoms with Crippen LogP contribution in [0.5, 0.6) is 0 Å². The van der Waals surface area contributed by atoms with Crippen molar-refractivity contribution in [2.45, 2.75) is 29.7 Å². The van der Waals surface area contributed by atoms with Gasteiger partial charge in [-0.25, -0.2) is 4.68 Å². The molecule has 29 heavy (non-hydrogen) atoms. The maximum absolute atomic E-state index is 9.71. The number of nitrogens with zero attached hydrogens (tertiary/aromatic N) is 4. The van der Waals surface area contributed by atoms with Gasteiger partial charge in [0.25, 0.3) is 0 Å². The van der Waals surface area contributed by atoms with Crippen LogP contribution < -0.4 is 0 Å². The summed E-state index contributed by atoms with van der Waals surface area (Å²) in [5.74, 6) is 0. The molecule has 0 fully saturated rings. The van der Waals surface area contributed by atoms with Crippen molar-refractivity contribution in [3.8, 4) is 17.1 Å². The molecule has 0 aliphatic carbocycles. The van der Waals surface area contributed by atoms with Gasteiger partial charge in [-0.1, -0.05) is 29.5 Å². The summed E-state index contributed by atoms with van der Waals surface area (Å²) >= 11 is 3.94. The summed E-state index contributed by atoms with van der Waals surface area (Å²) in [6.07, 6.45) is 4.64. The van der Waals surface area contributed by atoms with E-state index in [1.807, 2.05) is 23.0 Å². The van der Waals surface area contributed by atoms with E-state index in [4.69, 9.17) is 5.10 Å². The second-order valence-corrected chi connectivity index (χ2v) is 9.04. The largest absolute Gasteiger partial charge is 0.387 e. The minimum Gasteiger partial charge on any atom is -0.387 e. The fourth-order valence-corrected chi connectivity index (χ4v) is 4.03. The molecule has 0 amide bonds. The Morgan fingerprint density at radius 2 is 1.72 bits per heavy atom. The standard InChI is InChI=1S/C22H19IN4OS/c1-14-3-7-17(8-4-14)27-13-21(29-18-9-5-16(23)6-10-18)22(26-27)20-12-24-19(11-25-20)15(2)28/h3-13,15,28H,1-2H3. The Morgan fingerprint density at radius 1 is 1.00 bits per heavy atom. The average Bonchev–Trinajstić information content (AvgIpc) is 3.14. The SMILES string of the molecule is Cc1ccc(-n2cc(Sc3ccc(I)cc3)c(-c3cnc(C(C)O)cn3)n2)cc1. The van der Waals surface area contributed by atoms with Crippen LogP contribution in [0.3, 0.4) is 0 Å². The van der Waals surface area contributed by atoms with E-state index in [0.29, 0.717) is 11.4 Å². The highest BCUT2D eigenvalue weighted by Crippen LogP contribution is 2.35. The van der Waals surface area contributed by atoms with Gasteiger partial charge in [0.1, 0.15) is 11.4 Å². The first-order valence-electron chi connectivity index (χ1n) is 9.10. The predicted octanol–water partition coefficient (Wildman–Crippen LogP) is 5.45. The molecule has 7 heteroatoms. The van der Waals surface area contributed by atoms with Gasteiger partial charge in [0.2, 0.25) is 0 Å². The van der Waals surface area contributed by atoms with Gasteiger partial charge in [0.15, 0.2) is 0 Å². The summed E-state index contributed by atoms with van der Waals surface area (Å²) in [7, 11) is 0. The Labute approximate surface area is 187 Å². The van der Waals surface area contributed by atoms with Crippen LogP contribution >= 0.6 is 34.4 Å². The Balaban J connectivity index is 1.76. The van der Waals surface area contributed by atoms with Crippen molar-refractivity contribution in [2.24, 2.45) is 0 Å². The lowest BCUT2D eigenvalue weighted by Crippen LogP contribution is -1.98. The number of hydrogen-bond donors (Lipinski definition) is 1. The zero-order valence-electron chi connectivity index (χ0n) is 16.0. The fourth-order valence-electron chi connectivity index (χ4n) is 2.75. The number of aliphatic hydroxyl groups excluding tert-OH is 1. The number of aryl methyl sites for hydroxylation is 1. The van der Waals surface area contributed by atoms with Crippen LogP contribution in [0.15, 0.2) is 76.9 Å². The van der Waals surface area contributed by atoms with Gasteiger partial charge in [0, 0.05) is 14.7 Å². The zero-order valence-corrected chi connectivity index (χ0v) is 18.9. The van der Waals surface area contributed by atoms with Gasteiger partial charge < -0.3 is 5.11 Å². The monoisotopic (exact) mass is 514 g/mol. The van der Waals surface area contributed by atoms with Crippen molar-refractivity contribution >= 4 is 34.4 Å². The van der Waals surface area contributed by atoms with Crippen LogP contribution in [0.1, 0.15) is 24.3 Å². The number of hydrogen-bond acceptors (Lipinski definition) is 5. The van der Waals surface area contributed by atoms with Gasteiger partial charge in [-0.2, -0.15) is 5.10 Å². The molecule has 0 aliphatic rings. The van der Waals surface area contributed by atoms with E-state index >= 15 is 0 Å². The number of aromatic nitrogens is 4. The molecule has 1 atom stereocenters. The highest BCUT2D eigenvalue weighted by Gasteiger charge is 2.16. The summed E-state index contributed by atoms with van der Waals surface area (Å²) in [6, 6.07) is 16.6. The third kappa shape index (κ3) is 4.68. The quantitative estimate of drug-likeness (QED) is 0.359. The van der Waals surface area contributed by atoms with E-state index in [1.165, 1.54) is 9.13 Å². The van der Waals surface area contributed by atoms with Crippen LogP contribution in [0.2, 0.25) is 0 Å². The predicted molar refractivity (Wildman–Crippen MR) is 123 cm³/mol. The summed E-state index contributed by atoms with van der Waals surface area (Å²) in [4.78, 5) is 11.0. The van der Waals surface area contributed by atoms with Gasteiger partial charge in [0.05, 0.1) is 34.8 Å². The molecule has 4 aromatic rings. The fraction of sp³-hybridized carbons (Fsp3) is 0.136. The molecule has 0 spiro atoms. The molecule has 5 nitrogen and oxygen atoms in total. The minimum atomic E-state index is -0.651. The van der Waals surface area contributed by atoms with Crippen molar-refractivity contribution in [1.29, 1.82) is 0 Å². The Hall–Kier alpha value is -2.23. The van der Waals surface area contributed by atoms with Crippen LogP contribution in [-0.4, -0.2) is 24.9 Å². The topological polar surface area (TPSA) is 63.8 Å². The van der Waals surface area contributed by atoms with Crippen molar-refractivity contribution in [3.05, 3.63) is 81.9 Å². The van der Waals surface area contributed by atoms with E-state index in [2.05, 4.69) is 75.9 Å². The molecule has 0 saturated carbocycles. The molecule has 4 rings (SSSR count). The maximum atomic E-state index is 9.71. The summed E-state index contributed by atoms with van der Waals surface area (Å²) in [5, 5.41) is 14.5. The molecule has 0 radical (unpaired) electrons. The number of halogens is 1. The first kappa shape index (κ1) is 20.1. The molecule has 1 unspecified atom stereocenters. The summed E-state index contributed by atoms with van der Waals surface area (Å²) in [5.41, 5.74) is 4.17. The first-order chi connectivity index (χ1) is 14.0. The van der Waals surface area contributed by atoms with Crippen molar-refractivity contribution < 1.29 is 5.11 Å². The van der Waals surface area contributed by atoms with Crippen LogP contribution in [-0.2, 0) is 0 Å². The normalized spacial score (nSPS) is 12.1. The number of benzene rings is 2. The first-order valence-corrected chi connectivity index (χ1v) is 11.0. The maximum Gasteiger partial charge on any atom is 0.127 e. The third-order valence-corrected chi connectivity index (χ3v) is 6.11. The van der Waals surface area contributed by atoms with Gasteiger partial charge in [-0.15, -0.1) is 0 Å². The lowest BCUT2D eigenvalue weighted by atomic mass is 10.2. The van der Waals surface area contributed by atoms with Gasteiger partial charge in [-0.3, -0.25) is 9.97 Å². The lowest BCUT2D eigenvalue weighted by Gasteiger charge is -2.05. The molecular formula is C22H19IN4OS. The summed E-state index contributed by atoms with van der Waals surface area (Å²) in [6.45, 7) is 3.74. The lowest BCUT2D eigenvalue weighted by molar-refractivity contribution is 0.194. The molecule has 1 N–H and O–H groups in total. The van der Waals surface area contributed by atoms with Gasteiger partial charge >= 0.3 is 0 Å². The second-order valence-electron chi connectivity index (χ2n) is 6.68. The molecule has 0 saturated heterocycles. The second kappa shape index (κ2) is 8.64. The van der Waals surface area contributed by atoms with Crippen LogP contribution in [0, 0.1) is 10.5 Å². The van der Waals surface area contributed by atoms with E-state index in [9.17, 15) is 5.11 Å². The minimum absolute atomic E-state index is 0.540. The smallest absolute Gasteiger partial charge is 0.127 e. The van der Waals surface area contributed by atoms with Crippen molar-refractivity contribution in [3.63, 3.8) is 0 Å². The number of rotatable bonds is 5. The van der Waals surface area contributed by atoms with Crippen LogP contribution in [0.25, 0.3) is 17.1 Å². The molecule has 2 heterocycles. The Bertz CT molecular complexity index is 1110. The molecule has 2 aromatic carbocycles. The molecule has 0 bridgehead atoms. The number of aliphatic hydroxyl groups is 1. The highest BCUT2D eigenvalue weighted by molar-refractivity contribution is 14.1. The van der Waals surface area contributed by atoms with E-state index in [1.54, 1.807) is 31.1 Å². The Kier molecular flexibility index (Phi) is 5.98. The van der Waals surface area contributed by atoms with Crippen molar-refractivity contribution in [2.75, 3.05) is 0 Å². The van der Waals surface area contributed by atoms with Crippen LogP contribution in [0.4, 0.5) is 0 Å². The molecule has 2 aromatic heterocycles. The zero-order chi connectivity index (χ0) is 20.4. The molecular weight excluding hydrogens is 495 g/mol. The van der Waals surface area contributed by atoms with E-state index in [0.717, 1.165) is 21.2 Å². The summed E-state index contributed by atoms with van der Waals surface area (Å²) < 4.78 is 3.07. The third-order valence-electron chi connectivity index (χ3n) is 4.36. The Morgan fingerprint density at radius 3 is 2.34 bits per heavy atom. The average molecular weight is 514 g/mol. The van der Waals surface area contributed by atoms with E-state index < -0.39 is 6.10 Å². The highest BCUT2D eigenvalue weighted by atomic mass is 127.